The predicted octanol–water partition coefficient (Wildman–Crippen LogP) is 6.11. The summed E-state index contributed by atoms with van der Waals surface area (Å²) in [7, 11) is 1.56. The van der Waals surface area contributed by atoms with Gasteiger partial charge in [0, 0.05) is 31.6 Å². The van der Waals surface area contributed by atoms with Crippen molar-refractivity contribution < 1.29 is 32.3 Å². The van der Waals surface area contributed by atoms with Gasteiger partial charge in [0.05, 0.1) is 53.0 Å². The summed E-state index contributed by atoms with van der Waals surface area (Å²) >= 11 is 6.76. The first-order chi connectivity index (χ1) is 22.0. The Labute approximate surface area is 275 Å². The first-order valence-corrected chi connectivity index (χ1v) is 15.5. The van der Waals surface area contributed by atoms with Crippen molar-refractivity contribution in [3.8, 4) is 0 Å². The Kier molecular flexibility index (Phi) is 8.10. The number of rotatable bonds is 3. The molecule has 6 rings (SSSR count). The van der Waals surface area contributed by atoms with Gasteiger partial charge in [-0.2, -0.15) is 13.2 Å². The van der Waals surface area contributed by atoms with Crippen molar-refractivity contribution >= 4 is 46.7 Å². The number of amides is 3. The zero-order valence-electron chi connectivity index (χ0n) is 26.6. The van der Waals surface area contributed by atoms with E-state index in [2.05, 4.69) is 4.98 Å². The lowest BCUT2D eigenvalue weighted by Gasteiger charge is -2.39. The molecule has 2 atom stereocenters. The average molecular weight is 671 g/mol. The normalized spacial score (nSPS) is 19.8. The number of ether oxygens (including phenoxy) is 1. The Morgan fingerprint density at radius 1 is 1.06 bits per heavy atom. The van der Waals surface area contributed by atoms with Crippen LogP contribution in [-0.4, -0.2) is 58.0 Å². The lowest BCUT2D eigenvalue weighted by molar-refractivity contribution is -0.137. The number of nitrogens with zero attached hydrogens (tertiary/aromatic N) is 6. The number of carbonyl (C=O) groups excluding carboxylic acids is 3. The van der Waals surface area contributed by atoms with Crippen LogP contribution in [0, 0.1) is 12.8 Å². The number of likely N-dealkylation sites (N-methyl/N-ethyl adjacent to an activating group) is 1. The smallest absolute Gasteiger partial charge is 0.416 e. The number of aromatic nitrogens is 2. The van der Waals surface area contributed by atoms with Gasteiger partial charge in [-0.3, -0.25) is 24.4 Å². The third-order valence-electron chi connectivity index (χ3n) is 8.46. The second-order valence-corrected chi connectivity index (χ2v) is 13.6. The molecule has 3 amide bonds. The number of anilines is 3. The molecule has 0 aliphatic carbocycles. The molecule has 0 saturated carbocycles. The number of aryl methyl sites for hydroxylation is 1. The molecule has 2 aromatic heterocycles. The van der Waals surface area contributed by atoms with E-state index in [0.717, 1.165) is 28.3 Å². The Hall–Kier alpha value is -4.39. The number of pyridine rings is 2. The Morgan fingerprint density at radius 3 is 2.51 bits per heavy atom. The van der Waals surface area contributed by atoms with Crippen LogP contribution in [0.15, 0.2) is 42.5 Å². The molecule has 0 radical (unpaired) electrons. The second-order valence-electron chi connectivity index (χ2n) is 13.2. The maximum absolute atomic E-state index is 14.1. The highest BCUT2D eigenvalue weighted by molar-refractivity contribution is 6.34. The SMILES string of the molecule is Cc1cc(C(F)(F)F)cc(N2C(=O)C[C@@H]3CN(Cc4ccc5c(n4)CN(C(=O)OC(C)(C)C)C5)c4c(Cl)cccc4N(C)C(=O)[C@H]32)n1. The summed E-state index contributed by atoms with van der Waals surface area (Å²) in [5.41, 5.74) is 1.84. The van der Waals surface area contributed by atoms with E-state index in [-0.39, 0.29) is 37.6 Å². The summed E-state index contributed by atoms with van der Waals surface area (Å²) in [4.78, 5) is 55.5. The molecule has 1 aromatic carbocycles. The summed E-state index contributed by atoms with van der Waals surface area (Å²) in [6, 6.07) is 9.54. The monoisotopic (exact) mass is 670 g/mol. The maximum atomic E-state index is 14.1. The van der Waals surface area contributed by atoms with Crippen LogP contribution in [0.5, 0.6) is 0 Å². The van der Waals surface area contributed by atoms with Crippen molar-refractivity contribution in [2.45, 2.75) is 71.6 Å². The zero-order valence-corrected chi connectivity index (χ0v) is 27.3. The Bertz CT molecular complexity index is 1780. The van der Waals surface area contributed by atoms with Crippen molar-refractivity contribution in [1.29, 1.82) is 0 Å². The van der Waals surface area contributed by atoms with Gasteiger partial charge in [0.2, 0.25) is 11.8 Å². The van der Waals surface area contributed by atoms with Gasteiger partial charge in [0.25, 0.3) is 0 Å². The molecule has 1 saturated heterocycles. The largest absolute Gasteiger partial charge is 0.444 e. The van der Waals surface area contributed by atoms with Crippen LogP contribution in [0.3, 0.4) is 0 Å². The van der Waals surface area contributed by atoms with Crippen LogP contribution in [0.4, 0.5) is 35.2 Å². The molecular weight excluding hydrogens is 637 g/mol. The molecule has 5 heterocycles. The van der Waals surface area contributed by atoms with Crippen molar-refractivity contribution in [2.24, 2.45) is 5.92 Å². The van der Waals surface area contributed by atoms with Gasteiger partial charge in [-0.15, -0.1) is 0 Å². The van der Waals surface area contributed by atoms with Crippen LogP contribution in [0.25, 0.3) is 0 Å². The van der Waals surface area contributed by atoms with E-state index in [1.165, 1.54) is 11.8 Å². The number of hydrogen-bond donors (Lipinski definition) is 0. The summed E-state index contributed by atoms with van der Waals surface area (Å²) in [5, 5.41) is 0.384. The summed E-state index contributed by atoms with van der Waals surface area (Å²) in [5.74, 6) is -1.78. The Balaban J connectivity index is 1.35. The molecule has 47 heavy (non-hydrogen) atoms. The first-order valence-electron chi connectivity index (χ1n) is 15.1. The van der Waals surface area contributed by atoms with Crippen molar-refractivity contribution in [3.05, 3.63) is 75.7 Å². The van der Waals surface area contributed by atoms with Crippen molar-refractivity contribution in [3.63, 3.8) is 0 Å². The predicted molar refractivity (Wildman–Crippen MR) is 169 cm³/mol. The number of hydrogen-bond acceptors (Lipinski definition) is 7. The van der Waals surface area contributed by atoms with Gasteiger partial charge in [0.15, 0.2) is 0 Å². The van der Waals surface area contributed by atoms with E-state index >= 15 is 0 Å². The highest BCUT2D eigenvalue weighted by Crippen LogP contribution is 2.43. The molecule has 0 bridgehead atoms. The summed E-state index contributed by atoms with van der Waals surface area (Å²) < 4.78 is 46.7. The van der Waals surface area contributed by atoms with E-state index in [1.807, 2.05) is 17.0 Å². The summed E-state index contributed by atoms with van der Waals surface area (Å²) in [6.45, 7) is 7.92. The molecule has 14 heteroatoms. The lowest BCUT2D eigenvalue weighted by atomic mass is 9.95. The quantitative estimate of drug-likeness (QED) is 0.332. The van der Waals surface area contributed by atoms with Gasteiger partial charge < -0.3 is 14.5 Å². The minimum absolute atomic E-state index is 0.0735. The molecule has 3 aromatic rings. The Morgan fingerprint density at radius 2 is 1.81 bits per heavy atom. The molecule has 0 N–H and O–H groups in total. The third kappa shape index (κ3) is 6.32. The summed E-state index contributed by atoms with van der Waals surface area (Å²) in [6.07, 6.45) is -5.17. The standard InChI is InChI=1S/C33H34ClF3N6O4/c1-18-11-21(33(35,36)37)13-26(38-18)43-27(44)12-20-15-41(29-23(34)7-6-8-25(29)40(5)30(45)28(20)43)16-22-10-9-19-14-42(17-24(19)39-22)31(46)47-32(2,3)4/h6-11,13,20,28H,12,14-17H2,1-5H3/t20-,28+/m1/s1. The van der Waals surface area contributed by atoms with Gasteiger partial charge in [-0.1, -0.05) is 23.7 Å². The molecular formula is C33H34ClF3N6O4. The molecule has 0 spiro atoms. The average Bonchev–Trinajstić information content (AvgIpc) is 3.54. The van der Waals surface area contributed by atoms with Gasteiger partial charge in [-0.25, -0.2) is 9.78 Å². The molecule has 0 unspecified atom stereocenters. The first kappa shape index (κ1) is 32.5. The van der Waals surface area contributed by atoms with Gasteiger partial charge in [-0.05, 0) is 63.6 Å². The second kappa shape index (κ2) is 11.7. The maximum Gasteiger partial charge on any atom is 0.416 e. The fourth-order valence-corrected chi connectivity index (χ4v) is 6.73. The molecule has 10 nitrogen and oxygen atoms in total. The van der Waals surface area contributed by atoms with E-state index in [9.17, 15) is 27.6 Å². The molecule has 248 valence electrons. The molecule has 3 aliphatic heterocycles. The fourth-order valence-electron chi connectivity index (χ4n) is 6.45. The van der Waals surface area contributed by atoms with E-state index in [4.69, 9.17) is 21.3 Å². The van der Waals surface area contributed by atoms with Gasteiger partial charge in [0.1, 0.15) is 17.5 Å². The number of para-hydroxylation sites is 1. The van der Waals surface area contributed by atoms with E-state index in [1.54, 1.807) is 50.9 Å². The van der Waals surface area contributed by atoms with Crippen molar-refractivity contribution in [2.75, 3.05) is 28.3 Å². The van der Waals surface area contributed by atoms with Crippen LogP contribution in [0.1, 0.15) is 55.4 Å². The number of alkyl halides is 3. The number of carbonyl (C=O) groups is 3. The minimum atomic E-state index is -4.66. The fraction of sp³-hybridized carbons (Fsp3) is 0.424. The van der Waals surface area contributed by atoms with Crippen LogP contribution in [0.2, 0.25) is 5.02 Å². The van der Waals surface area contributed by atoms with Crippen molar-refractivity contribution in [1.82, 2.24) is 14.9 Å². The lowest BCUT2D eigenvalue weighted by Crippen LogP contribution is -2.52. The van der Waals surface area contributed by atoms with E-state index < -0.39 is 47.2 Å². The van der Waals surface area contributed by atoms with Crippen LogP contribution < -0.4 is 14.7 Å². The van der Waals surface area contributed by atoms with Crippen LogP contribution in [-0.2, 0) is 40.1 Å². The number of benzene rings is 1. The van der Waals surface area contributed by atoms with Gasteiger partial charge >= 0.3 is 12.3 Å². The molecule has 1 fully saturated rings. The number of fused-ring (bicyclic) bond motifs is 3. The zero-order chi connectivity index (χ0) is 34.0. The topological polar surface area (TPSA) is 99.2 Å². The number of halogens is 4. The molecule has 3 aliphatic rings. The third-order valence-corrected chi connectivity index (χ3v) is 8.76. The van der Waals surface area contributed by atoms with E-state index in [0.29, 0.717) is 28.6 Å². The minimum Gasteiger partial charge on any atom is -0.444 e. The highest BCUT2D eigenvalue weighted by atomic mass is 35.5. The highest BCUT2D eigenvalue weighted by Gasteiger charge is 2.49. The van der Waals surface area contributed by atoms with Crippen LogP contribution >= 0.6 is 11.6 Å².